The fraction of sp³-hybridized carbons (Fsp3) is 0.500. The molecule has 0 aromatic carbocycles. The van der Waals surface area contributed by atoms with Crippen molar-refractivity contribution in [1.82, 2.24) is 15.0 Å². The number of nitrogens with one attached hydrogen (secondary N) is 1. The molecule has 0 aliphatic heterocycles. The predicted molar refractivity (Wildman–Crippen MR) is 80.2 cm³/mol. The third kappa shape index (κ3) is 3.04. The van der Waals surface area contributed by atoms with E-state index in [0.29, 0.717) is 23.0 Å². The first-order chi connectivity index (χ1) is 9.54. The highest BCUT2D eigenvalue weighted by atomic mass is 32.2. The zero-order valence-electron chi connectivity index (χ0n) is 11.2. The van der Waals surface area contributed by atoms with Crippen molar-refractivity contribution in [3.05, 3.63) is 18.0 Å². The van der Waals surface area contributed by atoms with E-state index in [1.807, 2.05) is 6.26 Å². The first-order valence-corrected chi connectivity index (χ1v) is 7.64. The third-order valence-electron chi connectivity index (χ3n) is 3.20. The van der Waals surface area contributed by atoms with Gasteiger partial charge in [0, 0.05) is 11.8 Å². The number of H-pyrrole nitrogens is 1. The molecule has 2 heterocycles. The first kappa shape index (κ1) is 15.0. The highest BCUT2D eigenvalue weighted by Gasteiger charge is 2.26. The second-order valence-corrected chi connectivity index (χ2v) is 5.59. The number of aromatic nitrogens is 3. The number of thioether (sulfide) groups is 1. The van der Waals surface area contributed by atoms with Crippen LogP contribution in [0.25, 0.3) is 11.0 Å². The number of fused-ring (bicyclic) bond motifs is 1. The van der Waals surface area contributed by atoms with Crippen LogP contribution in [-0.4, -0.2) is 49.4 Å². The van der Waals surface area contributed by atoms with Gasteiger partial charge in [0.2, 0.25) is 5.95 Å². The van der Waals surface area contributed by atoms with Crippen molar-refractivity contribution in [2.75, 3.05) is 17.7 Å². The average molecular weight is 297 g/mol. The summed E-state index contributed by atoms with van der Waals surface area (Å²) in [6, 6.07) is -0.741. The Balaban J connectivity index is 2.22. The van der Waals surface area contributed by atoms with Crippen molar-refractivity contribution in [3.63, 3.8) is 0 Å². The maximum absolute atomic E-state index is 10.1. The molecule has 0 bridgehead atoms. The van der Waals surface area contributed by atoms with Gasteiger partial charge in [0.1, 0.15) is 0 Å². The van der Waals surface area contributed by atoms with Crippen molar-refractivity contribution < 1.29 is 10.2 Å². The van der Waals surface area contributed by atoms with Crippen LogP contribution in [0.15, 0.2) is 12.4 Å². The van der Waals surface area contributed by atoms with Crippen molar-refractivity contribution in [2.45, 2.75) is 24.7 Å². The van der Waals surface area contributed by atoms with Gasteiger partial charge >= 0.3 is 0 Å². The number of aliphatic hydroxyl groups excluding tert-OH is 2. The van der Waals surface area contributed by atoms with Crippen LogP contribution in [0.2, 0.25) is 0 Å². The van der Waals surface area contributed by atoms with Crippen LogP contribution in [0.5, 0.6) is 0 Å². The molecule has 0 spiro atoms. The molecule has 0 saturated carbocycles. The van der Waals surface area contributed by atoms with E-state index in [9.17, 15) is 10.2 Å². The molecule has 3 unspecified atom stereocenters. The summed E-state index contributed by atoms with van der Waals surface area (Å²) in [7, 11) is 0. The normalized spacial score (nSPS) is 16.2. The van der Waals surface area contributed by atoms with Crippen molar-refractivity contribution in [1.29, 1.82) is 0 Å². The molecule has 8 heteroatoms. The number of hydrogen-bond acceptors (Lipinski definition) is 7. The van der Waals surface area contributed by atoms with Crippen molar-refractivity contribution in [2.24, 2.45) is 5.73 Å². The fourth-order valence-corrected chi connectivity index (χ4v) is 2.51. The number of rotatable bonds is 6. The number of aliphatic hydroxyl groups is 2. The summed E-state index contributed by atoms with van der Waals surface area (Å²) >= 11 is 1.61. The highest BCUT2D eigenvalue weighted by molar-refractivity contribution is 7.98. The largest absolute Gasteiger partial charge is 0.390 e. The van der Waals surface area contributed by atoms with E-state index < -0.39 is 18.2 Å². The van der Waals surface area contributed by atoms with E-state index in [-0.39, 0.29) is 5.95 Å². The molecular formula is C12H19N5O2S. The number of aromatic amines is 1. The summed E-state index contributed by atoms with van der Waals surface area (Å²) in [4.78, 5) is 11.0. The summed E-state index contributed by atoms with van der Waals surface area (Å²) in [5, 5.41) is 20.1. The molecule has 110 valence electrons. The molecule has 3 atom stereocenters. The number of nitrogen functional groups attached to an aromatic ring is 1. The molecule has 20 heavy (non-hydrogen) atoms. The summed E-state index contributed by atoms with van der Waals surface area (Å²) in [6.07, 6.45) is 3.71. The molecule has 0 radical (unpaired) electrons. The Kier molecular flexibility index (Phi) is 4.81. The van der Waals surface area contributed by atoms with Crippen LogP contribution in [0.3, 0.4) is 0 Å². The smallest absolute Gasteiger partial charge is 0.220 e. The van der Waals surface area contributed by atoms with E-state index in [2.05, 4.69) is 15.0 Å². The quantitative estimate of drug-likeness (QED) is 0.507. The Morgan fingerprint density at radius 2 is 2.20 bits per heavy atom. The molecule has 7 N–H and O–H groups in total. The third-order valence-corrected chi connectivity index (χ3v) is 3.85. The minimum absolute atomic E-state index is 0.142. The predicted octanol–water partition coefficient (Wildman–Crippen LogP) is 0.0148. The zero-order valence-corrected chi connectivity index (χ0v) is 12.0. The average Bonchev–Trinajstić information content (AvgIpc) is 2.85. The van der Waals surface area contributed by atoms with Gasteiger partial charge in [-0.1, -0.05) is 0 Å². The van der Waals surface area contributed by atoms with Crippen LogP contribution in [-0.2, 0) is 0 Å². The van der Waals surface area contributed by atoms with E-state index in [1.165, 1.54) is 0 Å². The SMILES string of the molecule is CSCCC(O)C(O)C(N)c1c[nH]c2cnc(N)nc12. The van der Waals surface area contributed by atoms with E-state index in [1.54, 1.807) is 24.2 Å². The van der Waals surface area contributed by atoms with Crippen LogP contribution >= 0.6 is 11.8 Å². The van der Waals surface area contributed by atoms with Crippen LogP contribution in [0.4, 0.5) is 5.95 Å². The molecule has 2 aromatic rings. The Morgan fingerprint density at radius 1 is 1.45 bits per heavy atom. The van der Waals surface area contributed by atoms with Gasteiger partial charge in [0.15, 0.2) is 0 Å². The molecule has 0 amide bonds. The fourth-order valence-electron chi connectivity index (χ4n) is 2.03. The second kappa shape index (κ2) is 6.40. The van der Waals surface area contributed by atoms with Gasteiger partial charge in [-0.25, -0.2) is 9.97 Å². The maximum Gasteiger partial charge on any atom is 0.220 e. The zero-order chi connectivity index (χ0) is 14.7. The van der Waals surface area contributed by atoms with E-state index in [0.717, 1.165) is 5.75 Å². The monoisotopic (exact) mass is 297 g/mol. The van der Waals surface area contributed by atoms with Crippen LogP contribution in [0.1, 0.15) is 18.0 Å². The lowest BCUT2D eigenvalue weighted by Crippen LogP contribution is -2.37. The first-order valence-electron chi connectivity index (χ1n) is 6.24. The van der Waals surface area contributed by atoms with Crippen molar-refractivity contribution in [3.8, 4) is 0 Å². The Morgan fingerprint density at radius 3 is 2.90 bits per heavy atom. The van der Waals surface area contributed by atoms with Gasteiger partial charge in [-0.15, -0.1) is 0 Å². The summed E-state index contributed by atoms with van der Waals surface area (Å²) in [5.41, 5.74) is 13.5. The topological polar surface area (TPSA) is 134 Å². The molecule has 0 saturated heterocycles. The lowest BCUT2D eigenvalue weighted by molar-refractivity contribution is 0.00277. The molecule has 2 aromatic heterocycles. The number of nitrogens with two attached hydrogens (primary N) is 2. The second-order valence-electron chi connectivity index (χ2n) is 4.60. The van der Waals surface area contributed by atoms with Crippen molar-refractivity contribution >= 4 is 28.7 Å². The maximum atomic E-state index is 10.1. The van der Waals surface area contributed by atoms with Gasteiger partial charge in [0.25, 0.3) is 0 Å². The lowest BCUT2D eigenvalue weighted by atomic mass is 9.98. The molecule has 0 aliphatic rings. The van der Waals surface area contributed by atoms with Crippen LogP contribution < -0.4 is 11.5 Å². The van der Waals surface area contributed by atoms with E-state index in [4.69, 9.17) is 11.5 Å². The number of anilines is 1. The molecule has 0 aliphatic carbocycles. The summed E-state index contributed by atoms with van der Waals surface area (Å²) < 4.78 is 0. The number of hydrogen-bond donors (Lipinski definition) is 5. The Hall–Kier alpha value is -1.35. The van der Waals surface area contributed by atoms with E-state index >= 15 is 0 Å². The minimum atomic E-state index is -1.06. The van der Waals surface area contributed by atoms with Gasteiger partial charge in [-0.2, -0.15) is 11.8 Å². The molecular weight excluding hydrogens is 278 g/mol. The highest BCUT2D eigenvalue weighted by Crippen LogP contribution is 2.25. The Bertz CT molecular complexity index is 576. The minimum Gasteiger partial charge on any atom is -0.390 e. The molecule has 0 fully saturated rings. The van der Waals surface area contributed by atoms with Crippen LogP contribution in [0, 0.1) is 0 Å². The number of nitrogens with zero attached hydrogens (tertiary/aromatic N) is 2. The summed E-state index contributed by atoms with van der Waals surface area (Å²) in [5.74, 6) is 0.900. The lowest BCUT2D eigenvalue weighted by Gasteiger charge is -2.23. The van der Waals surface area contributed by atoms with Gasteiger partial charge in [-0.05, 0) is 18.4 Å². The molecule has 7 nitrogen and oxygen atoms in total. The molecule has 2 rings (SSSR count). The standard InChI is InChI=1S/C12H19N5O2S/c1-20-3-2-8(18)11(19)9(13)6-4-15-7-5-16-12(14)17-10(6)7/h4-5,8-9,11,15,18-19H,2-3,13H2,1H3,(H2,14,16,17). The van der Waals surface area contributed by atoms with Gasteiger partial charge < -0.3 is 26.7 Å². The summed E-state index contributed by atoms with van der Waals surface area (Å²) in [6.45, 7) is 0. The van der Waals surface area contributed by atoms with Gasteiger partial charge in [-0.3, -0.25) is 0 Å². The Labute approximate surface area is 120 Å². The van der Waals surface area contributed by atoms with Gasteiger partial charge in [0.05, 0.1) is 35.5 Å².